The van der Waals surface area contributed by atoms with E-state index >= 15 is 0 Å². The summed E-state index contributed by atoms with van der Waals surface area (Å²) in [7, 11) is -7.89. The van der Waals surface area contributed by atoms with E-state index in [1.165, 1.54) is 0 Å². The molecule has 0 aliphatic carbocycles. The van der Waals surface area contributed by atoms with Crippen LogP contribution in [0.5, 0.6) is 0 Å². The van der Waals surface area contributed by atoms with E-state index < -0.39 is 44.7 Å². The van der Waals surface area contributed by atoms with Gasteiger partial charge in [0.1, 0.15) is 0 Å². The van der Waals surface area contributed by atoms with Crippen molar-refractivity contribution >= 4 is 76.8 Å². The van der Waals surface area contributed by atoms with Crippen molar-refractivity contribution in [2.45, 2.75) is 18.9 Å². The van der Waals surface area contributed by atoms with Crippen molar-refractivity contribution < 1.29 is 32.8 Å². The Morgan fingerprint density at radius 3 is 1.08 bits per heavy atom. The molecule has 0 saturated heterocycles. The van der Waals surface area contributed by atoms with E-state index in [1.54, 1.807) is 0 Å². The number of carbonyl (C=O) groups is 1. The number of hydrogen-bond donors (Lipinski definition) is 5. The molecule has 0 heterocycles. The maximum atomic E-state index is 12.8. The molecule has 7 aromatic carbocycles. The van der Waals surface area contributed by atoms with Gasteiger partial charge in [0, 0.05) is 55.5 Å². The van der Waals surface area contributed by atoms with E-state index in [1.807, 2.05) is 60.7 Å². The molecule has 0 unspecified atom stereocenters. The van der Waals surface area contributed by atoms with E-state index in [0.717, 1.165) is 37.4 Å². The van der Waals surface area contributed by atoms with E-state index in [4.69, 9.17) is 13.6 Å². The molecule has 0 radical (unpaired) electrons. The first kappa shape index (κ1) is 47.1. The number of urea groups is 1. The second-order valence-corrected chi connectivity index (χ2v) is 23.0. The van der Waals surface area contributed by atoms with Crippen LogP contribution in [0.4, 0.5) is 10.5 Å². The Hall–Kier alpha value is -4.92. The summed E-state index contributed by atoms with van der Waals surface area (Å²) in [6.07, 6.45) is 0.765. The van der Waals surface area contributed by atoms with Crippen LogP contribution in [-0.2, 0) is 20.0 Å². The van der Waals surface area contributed by atoms with Gasteiger partial charge in [-0.05, 0) is 30.5 Å². The zero-order valence-corrected chi connectivity index (χ0v) is 39.1. The molecule has 0 spiro atoms. The Morgan fingerprint density at radius 1 is 0.469 bits per heavy atom. The molecule has 0 aliphatic heterocycles. The fourth-order valence-corrected chi connectivity index (χ4v) is 13.3. The molecule has 0 fully saturated rings. The predicted molar refractivity (Wildman–Crippen MR) is 267 cm³/mol. The maximum absolute atomic E-state index is 12.8. The van der Waals surface area contributed by atoms with Crippen LogP contribution in [-0.4, -0.2) is 55.6 Å². The van der Waals surface area contributed by atoms with Gasteiger partial charge in [-0.1, -0.05) is 194 Å². The SMILES string of the molecule is O=C(NCCC[Si](O)(O)O)Nc1ccc(CC(COP(c2ccccc2)c2ccccc2)(COP(c2ccccc2)c2ccccc2)COP(c2ccccc2)c2ccccc2)cc1. The fraction of sp³-hybridized carbons (Fsp3) is 0.157. The molecule has 7 rings (SSSR count). The maximum Gasteiger partial charge on any atom is 0.492 e. The summed E-state index contributed by atoms with van der Waals surface area (Å²) < 4.78 is 21.9. The van der Waals surface area contributed by atoms with Crippen molar-refractivity contribution in [1.82, 2.24) is 5.32 Å². The molecule has 0 atom stereocenters. The highest BCUT2D eigenvalue weighted by Gasteiger charge is 2.37. The number of hydrogen-bond acceptors (Lipinski definition) is 7. The first-order valence-corrected chi connectivity index (χ1v) is 27.0. The van der Waals surface area contributed by atoms with Crippen molar-refractivity contribution in [1.29, 1.82) is 0 Å². The molecular weight excluding hydrogens is 874 g/mol. The number of anilines is 1. The van der Waals surface area contributed by atoms with Gasteiger partial charge in [0.05, 0.1) is 44.3 Å². The van der Waals surface area contributed by atoms with E-state index in [2.05, 4.69) is 156 Å². The van der Waals surface area contributed by atoms with E-state index in [-0.39, 0.29) is 19.0 Å². The number of rotatable bonds is 22. The Labute approximate surface area is 381 Å². The summed E-state index contributed by atoms with van der Waals surface area (Å²) in [5, 5.41) is 12.2. The van der Waals surface area contributed by atoms with Crippen LogP contribution < -0.4 is 42.5 Å². The molecular formula is C51H53N2O7P3Si. The lowest BCUT2D eigenvalue weighted by molar-refractivity contribution is 0.0482. The first-order valence-electron chi connectivity index (χ1n) is 21.1. The molecule has 64 heavy (non-hydrogen) atoms. The molecule has 7 aromatic rings. The number of nitrogens with one attached hydrogen (secondary N) is 2. The van der Waals surface area contributed by atoms with Crippen molar-refractivity contribution in [3.8, 4) is 0 Å². The average Bonchev–Trinajstić information content (AvgIpc) is 3.33. The molecule has 2 amide bonds. The first-order chi connectivity index (χ1) is 31.2. The highest BCUT2D eigenvalue weighted by Crippen LogP contribution is 2.45. The van der Waals surface area contributed by atoms with E-state index in [0.29, 0.717) is 31.9 Å². The van der Waals surface area contributed by atoms with Crippen LogP contribution in [0.1, 0.15) is 12.0 Å². The van der Waals surface area contributed by atoms with Gasteiger partial charge in [-0.25, -0.2) is 4.79 Å². The monoisotopic (exact) mass is 926 g/mol. The largest absolute Gasteiger partial charge is 0.492 e. The third-order valence-electron chi connectivity index (χ3n) is 10.2. The Morgan fingerprint density at radius 2 is 0.781 bits per heavy atom. The topological polar surface area (TPSA) is 130 Å². The van der Waals surface area contributed by atoms with Gasteiger partial charge in [0.25, 0.3) is 0 Å². The molecule has 5 N–H and O–H groups in total. The summed E-state index contributed by atoms with van der Waals surface area (Å²) in [4.78, 5) is 40.7. The minimum Gasteiger partial charge on any atom is -0.390 e. The van der Waals surface area contributed by atoms with Crippen LogP contribution in [0, 0.1) is 5.41 Å². The average molecular weight is 927 g/mol. The van der Waals surface area contributed by atoms with Gasteiger partial charge in [-0.2, -0.15) is 0 Å². The summed E-state index contributed by atoms with van der Waals surface area (Å²) in [6.45, 7) is 1.11. The lowest BCUT2D eigenvalue weighted by Crippen LogP contribution is -2.40. The molecule has 9 nitrogen and oxygen atoms in total. The summed E-state index contributed by atoms with van der Waals surface area (Å²) >= 11 is 0. The van der Waals surface area contributed by atoms with Crippen molar-refractivity contribution in [2.24, 2.45) is 5.41 Å². The number of benzene rings is 7. The number of carbonyl (C=O) groups excluding carboxylic acids is 1. The minimum atomic E-state index is -4.17. The van der Waals surface area contributed by atoms with Gasteiger partial charge < -0.3 is 38.6 Å². The zero-order valence-electron chi connectivity index (χ0n) is 35.4. The van der Waals surface area contributed by atoms with Crippen LogP contribution in [0.25, 0.3) is 0 Å². The van der Waals surface area contributed by atoms with Gasteiger partial charge in [-0.15, -0.1) is 0 Å². The van der Waals surface area contributed by atoms with Crippen molar-refractivity contribution in [3.05, 3.63) is 212 Å². The van der Waals surface area contributed by atoms with Crippen molar-refractivity contribution in [3.63, 3.8) is 0 Å². The smallest absolute Gasteiger partial charge is 0.390 e. The summed E-state index contributed by atoms with van der Waals surface area (Å²) in [5.74, 6) is 0. The predicted octanol–water partition coefficient (Wildman–Crippen LogP) is 7.84. The third-order valence-corrected chi connectivity index (χ3v) is 17.0. The van der Waals surface area contributed by atoms with Gasteiger partial charge in [0.2, 0.25) is 0 Å². The standard InChI is InChI=1S/C51H53N2O7P3Si/c54-50(52-36-19-37-64(55,56)57)53-43-34-32-42(33-35-43)38-51(39-58-61(44-20-7-1-8-21-44)45-22-9-2-10-23-45,40-59-62(46-24-11-3-12-25-46)47-26-13-4-14-27-47)41-60-63(48-28-15-5-16-29-48)49-30-17-6-18-31-49/h1-18,20-35,55-57H,19,36-41H2,(H2,52,53,54). The van der Waals surface area contributed by atoms with Crippen LogP contribution in [0.3, 0.4) is 0 Å². The second-order valence-electron chi connectivity index (χ2n) is 15.3. The number of amides is 2. The normalized spacial score (nSPS) is 11.8. The van der Waals surface area contributed by atoms with Crippen molar-refractivity contribution in [2.75, 3.05) is 31.7 Å². The summed E-state index contributed by atoms with van der Waals surface area (Å²) in [6, 6.07) is 69.5. The second kappa shape index (κ2) is 23.8. The molecule has 0 bridgehead atoms. The third kappa shape index (κ3) is 14.3. The van der Waals surface area contributed by atoms with Crippen LogP contribution in [0.15, 0.2) is 206 Å². The summed E-state index contributed by atoms with van der Waals surface area (Å²) in [5.41, 5.74) is 0.874. The lowest BCUT2D eigenvalue weighted by atomic mass is 9.84. The van der Waals surface area contributed by atoms with Gasteiger partial charge in [0.15, 0.2) is 0 Å². The molecule has 0 aliphatic rings. The fourth-order valence-electron chi connectivity index (χ4n) is 7.00. The highest BCUT2D eigenvalue weighted by atomic mass is 31.1. The molecule has 0 aromatic heterocycles. The minimum absolute atomic E-state index is 0.156. The quantitative estimate of drug-likeness (QED) is 0.0266. The Bertz CT molecular complexity index is 2100. The van der Waals surface area contributed by atoms with Gasteiger partial charge in [-0.3, -0.25) is 0 Å². The van der Waals surface area contributed by atoms with Crippen LogP contribution >= 0.6 is 24.4 Å². The zero-order chi connectivity index (χ0) is 44.5. The van der Waals surface area contributed by atoms with E-state index in [9.17, 15) is 19.2 Å². The lowest BCUT2D eigenvalue weighted by Gasteiger charge is -2.37. The Balaban J connectivity index is 1.26. The molecule has 328 valence electrons. The Kier molecular flexibility index (Phi) is 17.5. The molecule has 0 saturated carbocycles. The van der Waals surface area contributed by atoms with Crippen LogP contribution in [0.2, 0.25) is 6.04 Å². The van der Waals surface area contributed by atoms with Gasteiger partial charge >= 0.3 is 14.8 Å². The highest BCUT2D eigenvalue weighted by molar-refractivity contribution is 7.69. The molecule has 13 heteroatoms.